The zero-order valence-corrected chi connectivity index (χ0v) is 16.0. The molecule has 0 aromatic rings. The number of thioether (sulfide) groups is 2. The summed E-state index contributed by atoms with van der Waals surface area (Å²) in [5.74, 6) is -1.63. The maximum absolute atomic E-state index is 12.3. The molecule has 7 nitrogen and oxygen atoms in total. The third kappa shape index (κ3) is 9.71. The predicted molar refractivity (Wildman–Crippen MR) is 91.7 cm³/mol. The second kappa shape index (κ2) is 10.5. The van der Waals surface area contributed by atoms with Gasteiger partial charge in [0.05, 0.1) is 4.75 Å². The minimum atomic E-state index is -0.931. The van der Waals surface area contributed by atoms with Gasteiger partial charge in [-0.25, -0.2) is 4.79 Å². The first-order valence-electron chi connectivity index (χ1n) is 7.12. The van der Waals surface area contributed by atoms with Crippen molar-refractivity contribution in [3.05, 3.63) is 0 Å². The van der Waals surface area contributed by atoms with Gasteiger partial charge in [0.2, 0.25) is 6.79 Å². The van der Waals surface area contributed by atoms with Gasteiger partial charge in [-0.15, -0.1) is 0 Å². The van der Waals surface area contributed by atoms with E-state index in [4.69, 9.17) is 0 Å². The second-order valence-corrected chi connectivity index (χ2v) is 8.25. The van der Waals surface area contributed by atoms with Crippen molar-refractivity contribution in [1.29, 1.82) is 0 Å². The molecule has 0 amide bonds. The number of hydrogen-bond acceptors (Lipinski definition) is 9. The fourth-order valence-corrected chi connectivity index (χ4v) is 3.31. The molecule has 0 aliphatic heterocycles. The van der Waals surface area contributed by atoms with Gasteiger partial charge >= 0.3 is 11.3 Å². The molecule has 1 atom stereocenters. The van der Waals surface area contributed by atoms with E-state index in [1.54, 1.807) is 13.8 Å². The average Bonchev–Trinajstić information content (AvgIpc) is 2.40. The molecular formula is C15H22O7S2. The number of Topliss-reactive ketones (excluding diaryl/α,β-unsaturated/α-hetero) is 2. The Kier molecular flexibility index (Phi) is 9.91. The molecule has 0 spiro atoms. The quantitative estimate of drug-likeness (QED) is 0.442. The number of carbonyl (C=O) groups excluding carboxylic acids is 5. The normalized spacial score (nSPS) is 12.2. The second-order valence-electron chi connectivity index (χ2n) is 5.50. The summed E-state index contributed by atoms with van der Waals surface area (Å²) in [4.78, 5) is 57.2. The molecule has 0 rings (SSSR count). The van der Waals surface area contributed by atoms with E-state index in [0.29, 0.717) is 0 Å². The summed E-state index contributed by atoms with van der Waals surface area (Å²) < 4.78 is 8.18. The molecule has 0 aromatic heterocycles. The minimum Gasteiger partial charge on any atom is -0.428 e. The van der Waals surface area contributed by atoms with Gasteiger partial charge in [0.1, 0.15) is 11.6 Å². The van der Waals surface area contributed by atoms with Crippen molar-refractivity contribution in [2.75, 3.05) is 12.5 Å². The van der Waals surface area contributed by atoms with Crippen LogP contribution in [0.3, 0.4) is 0 Å². The summed E-state index contributed by atoms with van der Waals surface area (Å²) in [5.41, 5.74) is 0. The van der Waals surface area contributed by atoms with Crippen LogP contribution in [-0.2, 0) is 28.7 Å². The van der Waals surface area contributed by atoms with Crippen molar-refractivity contribution >= 4 is 51.5 Å². The van der Waals surface area contributed by atoms with Crippen LogP contribution in [0.5, 0.6) is 0 Å². The Morgan fingerprint density at radius 3 is 2.04 bits per heavy atom. The third-order valence-corrected chi connectivity index (χ3v) is 4.87. The number of ether oxygens (including phenoxy) is 2. The number of ketones is 2. The highest BCUT2D eigenvalue weighted by Gasteiger charge is 2.33. The lowest BCUT2D eigenvalue weighted by Gasteiger charge is -2.23. The first kappa shape index (κ1) is 22.6. The molecule has 136 valence electrons. The van der Waals surface area contributed by atoms with Crippen molar-refractivity contribution < 1.29 is 33.4 Å². The van der Waals surface area contributed by atoms with Gasteiger partial charge < -0.3 is 9.47 Å². The summed E-state index contributed by atoms with van der Waals surface area (Å²) in [6, 6.07) is 0. The number of esters is 1. The van der Waals surface area contributed by atoms with Crippen molar-refractivity contribution in [3.63, 3.8) is 0 Å². The highest BCUT2D eigenvalue weighted by atomic mass is 32.2. The first-order chi connectivity index (χ1) is 11.0. The third-order valence-electron chi connectivity index (χ3n) is 2.92. The Hall–Kier alpha value is -1.35. The molecule has 0 fully saturated rings. The van der Waals surface area contributed by atoms with E-state index in [1.165, 1.54) is 20.8 Å². The van der Waals surface area contributed by atoms with Crippen molar-refractivity contribution in [2.24, 2.45) is 5.92 Å². The first-order valence-corrected chi connectivity index (χ1v) is 8.92. The Morgan fingerprint density at radius 1 is 1.00 bits per heavy atom. The van der Waals surface area contributed by atoms with Crippen LogP contribution in [0.15, 0.2) is 0 Å². The highest BCUT2D eigenvalue weighted by Crippen LogP contribution is 2.29. The smallest absolute Gasteiger partial charge is 0.370 e. The molecule has 0 aliphatic carbocycles. The van der Waals surface area contributed by atoms with Crippen molar-refractivity contribution in [2.45, 2.75) is 45.8 Å². The lowest BCUT2D eigenvalue weighted by molar-refractivity contribution is -0.148. The SMILES string of the molecule is CC(=O)OCOC(=O)SC[C@H](CC(=O)C(C)(C)SC(C)=O)C(C)=O. The van der Waals surface area contributed by atoms with Crippen molar-refractivity contribution in [1.82, 2.24) is 0 Å². The molecule has 0 aliphatic rings. The van der Waals surface area contributed by atoms with Gasteiger partial charge in [0.15, 0.2) is 5.12 Å². The van der Waals surface area contributed by atoms with Crippen LogP contribution in [0.2, 0.25) is 0 Å². The molecule has 0 unspecified atom stereocenters. The fourth-order valence-electron chi connectivity index (χ4n) is 1.58. The van der Waals surface area contributed by atoms with Gasteiger partial charge in [-0.1, -0.05) is 11.8 Å². The Balaban J connectivity index is 4.53. The van der Waals surface area contributed by atoms with Gasteiger partial charge in [-0.3, -0.25) is 19.2 Å². The Labute approximate surface area is 149 Å². The van der Waals surface area contributed by atoms with E-state index >= 15 is 0 Å². The van der Waals surface area contributed by atoms with Crippen LogP contribution in [0.4, 0.5) is 4.79 Å². The molecule has 0 saturated heterocycles. The Bertz CT molecular complexity index is 514. The molecule has 24 heavy (non-hydrogen) atoms. The summed E-state index contributed by atoms with van der Waals surface area (Å²) in [7, 11) is 0. The standard InChI is InChI=1S/C15H22O7S2/c1-9(16)12(6-13(19)15(4,5)24-11(3)18)7-23-14(20)22-8-21-10(2)17/h12H,6-8H2,1-5H3/t12-/m0/s1. The minimum absolute atomic E-state index is 0.0627. The highest BCUT2D eigenvalue weighted by molar-refractivity contribution is 8.15. The summed E-state index contributed by atoms with van der Waals surface area (Å²) >= 11 is 1.64. The summed E-state index contributed by atoms with van der Waals surface area (Å²) in [5, 5.41) is -0.886. The fraction of sp³-hybridized carbons (Fsp3) is 0.667. The molecule has 0 saturated carbocycles. The van der Waals surface area contributed by atoms with Crippen LogP contribution in [-0.4, -0.2) is 45.2 Å². The van der Waals surface area contributed by atoms with Gasteiger partial charge in [0.25, 0.3) is 0 Å². The molecular weight excluding hydrogens is 356 g/mol. The Morgan fingerprint density at radius 2 is 1.58 bits per heavy atom. The van der Waals surface area contributed by atoms with Crippen LogP contribution >= 0.6 is 23.5 Å². The maximum atomic E-state index is 12.3. The molecule has 0 radical (unpaired) electrons. The van der Waals surface area contributed by atoms with Crippen LogP contribution in [0.25, 0.3) is 0 Å². The van der Waals surface area contributed by atoms with E-state index in [9.17, 15) is 24.0 Å². The summed E-state index contributed by atoms with van der Waals surface area (Å²) in [6.07, 6.45) is -0.0627. The van der Waals surface area contributed by atoms with Gasteiger partial charge in [-0.05, 0) is 32.5 Å². The number of rotatable bonds is 9. The molecule has 9 heteroatoms. The maximum Gasteiger partial charge on any atom is 0.370 e. The molecule has 0 bridgehead atoms. The van der Waals surface area contributed by atoms with Crippen molar-refractivity contribution in [3.8, 4) is 0 Å². The molecule has 0 N–H and O–H groups in total. The predicted octanol–water partition coefficient (Wildman–Crippen LogP) is 2.60. The number of carbonyl (C=O) groups is 5. The van der Waals surface area contributed by atoms with Gasteiger partial charge in [0, 0.05) is 31.9 Å². The zero-order valence-electron chi connectivity index (χ0n) is 14.4. The molecule has 0 aromatic carbocycles. The number of hydrogen-bond donors (Lipinski definition) is 0. The monoisotopic (exact) mass is 378 g/mol. The topological polar surface area (TPSA) is 104 Å². The largest absolute Gasteiger partial charge is 0.428 e. The van der Waals surface area contributed by atoms with Crippen LogP contribution < -0.4 is 0 Å². The average molecular weight is 378 g/mol. The van der Waals surface area contributed by atoms with E-state index in [2.05, 4.69) is 9.47 Å². The van der Waals surface area contributed by atoms with Gasteiger partial charge in [-0.2, -0.15) is 0 Å². The van der Waals surface area contributed by atoms with E-state index < -0.39 is 28.7 Å². The van der Waals surface area contributed by atoms with E-state index in [-0.39, 0.29) is 28.9 Å². The zero-order chi connectivity index (χ0) is 18.9. The lowest BCUT2D eigenvalue weighted by atomic mass is 9.94. The summed E-state index contributed by atoms with van der Waals surface area (Å²) in [6.45, 7) is 6.65. The van der Waals surface area contributed by atoms with E-state index in [1.807, 2.05) is 0 Å². The lowest BCUT2D eigenvalue weighted by Crippen LogP contribution is -2.33. The molecule has 0 heterocycles. The van der Waals surface area contributed by atoms with Crippen LogP contribution in [0, 0.1) is 5.92 Å². The van der Waals surface area contributed by atoms with E-state index in [0.717, 1.165) is 23.5 Å². The van der Waals surface area contributed by atoms with Crippen LogP contribution in [0.1, 0.15) is 41.0 Å².